The third-order valence-electron chi connectivity index (χ3n) is 0. The number of hydrogen-bond acceptors (Lipinski definition) is 0. The third kappa shape index (κ3) is 83.3. The monoisotopic (exact) mass is 97.2 g/mol. The fourth-order valence-corrected chi connectivity index (χ4v) is 0. The maximum Gasteiger partial charge on any atom is 3.00 e. The molecule has 0 heterocycles. The normalized spacial score (nSPS) is 0. The van der Waals surface area contributed by atoms with Crippen LogP contribution in [0.15, 0.2) is 0 Å². The summed E-state index contributed by atoms with van der Waals surface area (Å²) < 4.78 is 0. The van der Waals surface area contributed by atoms with Gasteiger partial charge in [0, 0.05) is 0 Å². The summed E-state index contributed by atoms with van der Waals surface area (Å²) in [6.07, 6.45) is 0. The zero-order chi connectivity index (χ0) is 0. The van der Waals surface area contributed by atoms with Crippen molar-refractivity contribution in [3.63, 3.8) is 0 Å². The molecule has 0 aliphatic rings. The molecular weight excluding hydrogens is 80.2 g/mol. The largest absolute Gasteiger partial charge is 3.00 e. The van der Waals surface area contributed by atoms with Crippen LogP contribution in [0.5, 0.6) is 0 Å². The minimum Gasteiger partial charge on any atom is -0.0626 e. The summed E-state index contributed by atoms with van der Waals surface area (Å²) in [5.74, 6) is 0. The van der Waals surface area contributed by atoms with Crippen molar-refractivity contribution < 1.29 is 29.6 Å². The van der Waals surface area contributed by atoms with Gasteiger partial charge in [0.2, 0.25) is 0 Å². The van der Waals surface area contributed by atoms with E-state index in [4.69, 9.17) is 0 Å². The Bertz CT molecular complexity index is 7.51. The van der Waals surface area contributed by atoms with E-state index in [0.717, 1.165) is 0 Å². The SMILES string of the molecule is [BH4-].[BH4-].[BH4-].[BH4-].[N+3].[Na+]. The van der Waals surface area contributed by atoms with Gasteiger partial charge in [0.15, 0.2) is 0 Å². The first kappa shape index (κ1) is 264. The van der Waals surface area contributed by atoms with E-state index in [-0.39, 0.29) is 69.4 Å². The average Bonchev–Trinajstić information content (AvgIpc) is 0. The van der Waals surface area contributed by atoms with Gasteiger partial charge in [-0.15, -0.1) is 0 Å². The molecule has 0 saturated heterocycles. The van der Waals surface area contributed by atoms with Crippen molar-refractivity contribution in [2.75, 3.05) is 0 Å². The predicted molar refractivity (Wildman–Crippen MR) is 47.5 cm³/mol. The number of hydrogen-bond donors (Lipinski definition) is 0. The molecule has 0 aromatic carbocycles. The first-order valence-corrected chi connectivity index (χ1v) is 0. The van der Waals surface area contributed by atoms with Crippen molar-refractivity contribution in [2.24, 2.45) is 0 Å². The second-order valence-corrected chi connectivity index (χ2v) is 0. The maximum atomic E-state index is 0. The molecule has 0 atom stereocenters. The zero-order valence-electron chi connectivity index (χ0n) is 1.45. The van der Waals surface area contributed by atoms with Gasteiger partial charge in [0.1, 0.15) is 0 Å². The van der Waals surface area contributed by atoms with Crippen LogP contribution in [0.4, 0.5) is 0 Å². The Morgan fingerprint density at radius 2 is 0.500 bits per heavy atom. The van der Waals surface area contributed by atoms with Crippen molar-refractivity contribution in [3.8, 4) is 0 Å². The molecule has 1 nitrogen and oxygen atoms in total. The molecule has 0 aliphatic carbocycles. The molecule has 0 aliphatic heterocycles. The van der Waals surface area contributed by atoms with Gasteiger partial charge in [-0.05, 0) is 0 Å². The molecule has 0 fully saturated rings. The Kier molecular flexibility index (Phi) is 6900. The standard InChI is InChI=1S/4BH4.N.Na/h4*1H4;;/q4*-1;+3;+1. The van der Waals surface area contributed by atoms with Gasteiger partial charge < -0.3 is 0 Å². The van der Waals surface area contributed by atoms with E-state index in [0.29, 0.717) is 0 Å². The van der Waals surface area contributed by atoms with E-state index in [1.807, 2.05) is 0 Å². The summed E-state index contributed by atoms with van der Waals surface area (Å²) in [7, 11) is 0. The fraction of sp³-hybridized carbons (Fsp3) is 0. The van der Waals surface area contributed by atoms with Crippen molar-refractivity contribution in [1.82, 2.24) is 6.15 Å². The van der Waals surface area contributed by atoms with Crippen molar-refractivity contribution in [2.45, 2.75) is 0 Å². The third-order valence-corrected chi connectivity index (χ3v) is 0. The molecule has 0 bridgehead atoms. The Balaban J connectivity index is 0. The summed E-state index contributed by atoms with van der Waals surface area (Å²) in [6.45, 7) is 0. The molecule has 0 unspecified atom stereocenters. The van der Waals surface area contributed by atoms with Crippen LogP contribution < -0.4 is 35.7 Å². The summed E-state index contributed by atoms with van der Waals surface area (Å²) in [4.78, 5) is 0. The maximum absolute atomic E-state index is 0. The summed E-state index contributed by atoms with van der Waals surface area (Å²) in [5, 5.41) is 0. The molecule has 6 heteroatoms. The van der Waals surface area contributed by atoms with Gasteiger partial charge in [-0.3, -0.25) is 0 Å². The Morgan fingerprint density at radius 3 is 0.500 bits per heavy atom. The van der Waals surface area contributed by atoms with E-state index in [9.17, 15) is 0 Å². The smallest absolute Gasteiger partial charge is 0.0626 e. The van der Waals surface area contributed by atoms with Crippen LogP contribution in [0.3, 0.4) is 0 Å². The van der Waals surface area contributed by atoms with Gasteiger partial charge >= 0.3 is 35.7 Å². The van der Waals surface area contributed by atoms with E-state index in [1.165, 1.54) is 0 Å². The van der Waals surface area contributed by atoms with Crippen LogP contribution >= 0.6 is 0 Å². The first-order valence-electron chi connectivity index (χ1n) is 0. The number of nitrogens with zero attached hydrogens (tertiary/aromatic N) is 1. The summed E-state index contributed by atoms with van der Waals surface area (Å²) in [6, 6.07) is 0. The van der Waals surface area contributed by atoms with E-state index in [1.54, 1.807) is 0 Å². The van der Waals surface area contributed by atoms with Gasteiger partial charge in [0.05, 0.1) is 0 Å². The van der Waals surface area contributed by atoms with Crippen molar-refractivity contribution in [1.29, 1.82) is 0 Å². The molecular formula is H16B4NNa. The minimum absolute atomic E-state index is 0. The predicted octanol–water partition coefficient (Wildman–Crippen LogP) is -9.28. The second kappa shape index (κ2) is 157. The molecule has 0 aromatic heterocycles. The van der Waals surface area contributed by atoms with Crippen LogP contribution in [0, 0.1) is 0 Å². The molecule has 34 valence electrons. The first-order chi connectivity index (χ1) is 0. The number of rotatable bonds is 0. The van der Waals surface area contributed by atoms with Crippen molar-refractivity contribution >= 4 is 33.7 Å². The molecule has 0 saturated carbocycles. The topological polar surface area (TPSA) is 30.5 Å². The van der Waals surface area contributed by atoms with Crippen LogP contribution in [-0.2, 0) is 0 Å². The minimum atomic E-state index is 0. The average molecular weight is 96.4 g/mol. The molecule has 2 radical (unpaired) electrons. The van der Waals surface area contributed by atoms with E-state index >= 15 is 0 Å². The molecule has 6 heavy (non-hydrogen) atoms. The van der Waals surface area contributed by atoms with Gasteiger partial charge in [-0.2, -0.15) is 0 Å². The van der Waals surface area contributed by atoms with Crippen LogP contribution in [0.2, 0.25) is 0 Å². The van der Waals surface area contributed by atoms with Crippen LogP contribution in [0.25, 0.3) is 0 Å². The Labute approximate surface area is 69.2 Å². The molecule has 0 aromatic rings. The van der Waals surface area contributed by atoms with Crippen LogP contribution in [-0.4, -0.2) is 33.7 Å². The van der Waals surface area contributed by atoms with E-state index in [2.05, 4.69) is 0 Å². The van der Waals surface area contributed by atoms with Crippen LogP contribution in [0.1, 0.15) is 0 Å². The summed E-state index contributed by atoms with van der Waals surface area (Å²) >= 11 is 0. The van der Waals surface area contributed by atoms with Crippen molar-refractivity contribution in [3.05, 3.63) is 0 Å². The Hall–Kier alpha value is 0.970. The second-order valence-electron chi connectivity index (χ2n) is 0. The van der Waals surface area contributed by atoms with E-state index < -0.39 is 0 Å². The molecule has 0 amide bonds. The molecule has 0 spiro atoms. The van der Waals surface area contributed by atoms with Gasteiger partial charge in [-0.1, -0.05) is 33.7 Å². The quantitative estimate of drug-likeness (QED) is 0.268. The molecule has 0 N–H and O–H groups in total. The van der Waals surface area contributed by atoms with Gasteiger partial charge in [0.25, 0.3) is 0 Å². The zero-order valence-corrected chi connectivity index (χ0v) is 3.45. The molecule has 0 rings (SSSR count). The van der Waals surface area contributed by atoms with Gasteiger partial charge in [-0.25, -0.2) is 0 Å². The summed E-state index contributed by atoms with van der Waals surface area (Å²) in [5.41, 5.74) is 0. The fourth-order valence-electron chi connectivity index (χ4n) is 0. The Morgan fingerprint density at radius 1 is 0.500 bits per heavy atom.